The van der Waals surface area contributed by atoms with Crippen molar-refractivity contribution < 1.29 is 4.79 Å². The summed E-state index contributed by atoms with van der Waals surface area (Å²) in [6.07, 6.45) is 0.484. The van der Waals surface area contributed by atoms with E-state index in [0.717, 1.165) is 19.6 Å². The molecule has 0 N–H and O–H groups in total. The summed E-state index contributed by atoms with van der Waals surface area (Å²) >= 11 is 6.01. The van der Waals surface area contributed by atoms with Crippen LogP contribution in [0.4, 0.5) is 5.69 Å². The van der Waals surface area contributed by atoms with Crippen molar-refractivity contribution in [2.75, 3.05) is 31.1 Å². The lowest BCUT2D eigenvalue weighted by atomic mass is 10.2. The summed E-state index contributed by atoms with van der Waals surface area (Å²) in [5, 5.41) is -0.0125. The van der Waals surface area contributed by atoms with Crippen LogP contribution in [-0.4, -0.2) is 42.4 Å². The normalized spacial score (nSPS) is 19.0. The summed E-state index contributed by atoms with van der Waals surface area (Å²) < 4.78 is 0. The van der Waals surface area contributed by atoms with Crippen molar-refractivity contribution in [2.24, 2.45) is 0 Å². The molecule has 2 rings (SSSR count). The molecule has 0 radical (unpaired) electrons. The number of hydrogen-bond acceptors (Lipinski definition) is 2. The van der Waals surface area contributed by atoms with Crippen LogP contribution in [0.1, 0.15) is 18.9 Å². The average molecular weight is 281 g/mol. The Hall–Kier alpha value is -1.22. The third-order valence-corrected chi connectivity index (χ3v) is 3.85. The molecule has 104 valence electrons. The lowest BCUT2D eigenvalue weighted by Crippen LogP contribution is -2.36. The van der Waals surface area contributed by atoms with Gasteiger partial charge in [-0.1, -0.05) is 12.1 Å². The molecule has 1 fully saturated rings. The number of rotatable bonds is 5. The Morgan fingerprint density at radius 1 is 1.47 bits per heavy atom. The average Bonchev–Trinajstić information content (AvgIpc) is 2.69. The molecule has 1 heterocycles. The van der Waals surface area contributed by atoms with E-state index in [0.29, 0.717) is 13.0 Å². The summed E-state index contributed by atoms with van der Waals surface area (Å²) in [7, 11) is 0. The number of benzene rings is 1. The van der Waals surface area contributed by atoms with E-state index < -0.39 is 0 Å². The van der Waals surface area contributed by atoms with E-state index in [1.165, 1.54) is 11.3 Å². The van der Waals surface area contributed by atoms with Crippen molar-refractivity contribution in [1.29, 1.82) is 0 Å². The summed E-state index contributed by atoms with van der Waals surface area (Å²) in [5.41, 5.74) is 2.48. The molecule has 0 aromatic heterocycles. The predicted octanol–water partition coefficient (Wildman–Crippen LogP) is 2.66. The van der Waals surface area contributed by atoms with E-state index in [4.69, 9.17) is 11.6 Å². The molecule has 1 aromatic carbocycles. The summed E-state index contributed by atoms with van der Waals surface area (Å²) in [5.74, 6) is 0.181. The molecular formula is C15H21ClN2O. The van der Waals surface area contributed by atoms with Crippen molar-refractivity contribution in [1.82, 2.24) is 4.90 Å². The Bertz CT molecular complexity index is 450. The minimum atomic E-state index is -0.0125. The van der Waals surface area contributed by atoms with Crippen molar-refractivity contribution in [3.63, 3.8) is 0 Å². The Labute approximate surface area is 120 Å². The lowest BCUT2D eigenvalue weighted by Gasteiger charge is -2.26. The highest BCUT2D eigenvalue weighted by molar-refractivity contribution is 6.22. The van der Waals surface area contributed by atoms with E-state index in [-0.39, 0.29) is 11.3 Å². The minimum absolute atomic E-state index is 0.0125. The second-order valence-corrected chi connectivity index (χ2v) is 5.68. The molecule has 3 nitrogen and oxygen atoms in total. The van der Waals surface area contributed by atoms with Gasteiger partial charge in [-0.25, -0.2) is 0 Å². The van der Waals surface area contributed by atoms with Gasteiger partial charge in [0.05, 0.1) is 5.38 Å². The van der Waals surface area contributed by atoms with Crippen LogP contribution in [0.5, 0.6) is 0 Å². The zero-order valence-electron chi connectivity index (χ0n) is 11.6. The number of nitrogens with zero attached hydrogens (tertiary/aromatic N) is 2. The monoisotopic (exact) mass is 280 g/mol. The van der Waals surface area contributed by atoms with Crippen LogP contribution in [0.2, 0.25) is 0 Å². The molecule has 4 heteroatoms. The van der Waals surface area contributed by atoms with E-state index in [2.05, 4.69) is 43.0 Å². The molecule has 19 heavy (non-hydrogen) atoms. The largest absolute Gasteiger partial charge is 0.370 e. The summed E-state index contributed by atoms with van der Waals surface area (Å²) in [6, 6.07) is 8.47. The van der Waals surface area contributed by atoms with Gasteiger partial charge < -0.3 is 9.80 Å². The van der Waals surface area contributed by atoms with E-state index in [1.54, 1.807) is 0 Å². The maximum absolute atomic E-state index is 11.7. The van der Waals surface area contributed by atoms with Gasteiger partial charge in [0.25, 0.3) is 0 Å². The summed E-state index contributed by atoms with van der Waals surface area (Å²) in [4.78, 5) is 15.9. The number of halogens is 1. The fraction of sp³-hybridized carbons (Fsp3) is 0.533. The molecule has 1 saturated heterocycles. The first kappa shape index (κ1) is 14.2. The number of carbonyl (C=O) groups excluding carboxylic acids is 1. The lowest BCUT2D eigenvalue weighted by molar-refractivity contribution is -0.127. The number of hydrogen-bond donors (Lipinski definition) is 0. The van der Waals surface area contributed by atoms with E-state index in [1.807, 2.05) is 4.90 Å². The number of alkyl halides is 1. The number of amides is 1. The van der Waals surface area contributed by atoms with Crippen LogP contribution in [0, 0.1) is 6.92 Å². The van der Waals surface area contributed by atoms with Crippen LogP contribution >= 0.6 is 11.6 Å². The molecule has 0 spiro atoms. The first-order chi connectivity index (χ1) is 9.10. The van der Waals surface area contributed by atoms with Gasteiger partial charge in [-0.2, -0.15) is 0 Å². The standard InChI is InChI=1S/C15H21ClN2O/c1-3-17(14-6-4-5-12(2)9-14)7-8-18-11-13(16)10-15(18)19/h4-6,9,13H,3,7-8,10-11H2,1-2H3. The molecule has 1 unspecified atom stereocenters. The van der Waals surface area contributed by atoms with Gasteiger partial charge in [0.2, 0.25) is 5.91 Å². The number of anilines is 1. The highest BCUT2D eigenvalue weighted by atomic mass is 35.5. The van der Waals surface area contributed by atoms with Crippen molar-refractivity contribution in [3.05, 3.63) is 29.8 Å². The Balaban J connectivity index is 1.95. The molecule has 1 aliphatic heterocycles. The van der Waals surface area contributed by atoms with Crippen molar-refractivity contribution in [2.45, 2.75) is 25.6 Å². The van der Waals surface area contributed by atoms with Crippen LogP contribution < -0.4 is 4.90 Å². The third-order valence-electron chi connectivity index (χ3n) is 3.56. The second-order valence-electron chi connectivity index (χ2n) is 5.06. The van der Waals surface area contributed by atoms with Crippen LogP contribution in [0.3, 0.4) is 0 Å². The fourth-order valence-electron chi connectivity index (χ4n) is 2.48. The van der Waals surface area contributed by atoms with Crippen LogP contribution in [0.25, 0.3) is 0 Å². The van der Waals surface area contributed by atoms with Crippen LogP contribution in [0.15, 0.2) is 24.3 Å². The number of likely N-dealkylation sites (tertiary alicyclic amines) is 1. The number of likely N-dealkylation sites (N-methyl/N-ethyl adjacent to an activating group) is 1. The van der Waals surface area contributed by atoms with Gasteiger partial charge in [-0.15, -0.1) is 11.6 Å². The number of aryl methyl sites for hydroxylation is 1. The summed E-state index contributed by atoms with van der Waals surface area (Å²) in [6.45, 7) is 7.47. The maximum atomic E-state index is 11.7. The first-order valence-corrected chi connectivity index (χ1v) is 7.27. The predicted molar refractivity (Wildman–Crippen MR) is 79.9 cm³/mol. The van der Waals surface area contributed by atoms with Gasteiger partial charge in [0, 0.05) is 38.3 Å². The highest BCUT2D eigenvalue weighted by Crippen LogP contribution is 2.18. The molecule has 0 bridgehead atoms. The zero-order valence-corrected chi connectivity index (χ0v) is 12.4. The SMILES string of the molecule is CCN(CCN1CC(Cl)CC1=O)c1cccc(C)c1. The van der Waals surface area contributed by atoms with E-state index in [9.17, 15) is 4.79 Å². The maximum Gasteiger partial charge on any atom is 0.224 e. The number of carbonyl (C=O) groups is 1. The smallest absolute Gasteiger partial charge is 0.224 e. The topological polar surface area (TPSA) is 23.6 Å². The molecule has 0 saturated carbocycles. The molecule has 1 aliphatic rings. The fourth-order valence-corrected chi connectivity index (χ4v) is 2.77. The molecular weight excluding hydrogens is 260 g/mol. The zero-order chi connectivity index (χ0) is 13.8. The molecule has 1 amide bonds. The molecule has 1 atom stereocenters. The van der Waals surface area contributed by atoms with Gasteiger partial charge in [0.15, 0.2) is 0 Å². The highest BCUT2D eigenvalue weighted by Gasteiger charge is 2.27. The van der Waals surface area contributed by atoms with Crippen molar-refractivity contribution >= 4 is 23.2 Å². The van der Waals surface area contributed by atoms with Gasteiger partial charge in [-0.3, -0.25) is 4.79 Å². The van der Waals surface area contributed by atoms with E-state index >= 15 is 0 Å². The van der Waals surface area contributed by atoms with Gasteiger partial charge in [-0.05, 0) is 31.5 Å². The van der Waals surface area contributed by atoms with Crippen molar-refractivity contribution in [3.8, 4) is 0 Å². The Morgan fingerprint density at radius 2 is 2.26 bits per heavy atom. The van der Waals surface area contributed by atoms with Gasteiger partial charge in [0.1, 0.15) is 0 Å². The van der Waals surface area contributed by atoms with Gasteiger partial charge >= 0.3 is 0 Å². The van der Waals surface area contributed by atoms with Crippen LogP contribution in [-0.2, 0) is 4.79 Å². The third kappa shape index (κ3) is 3.63. The minimum Gasteiger partial charge on any atom is -0.370 e. The second kappa shape index (κ2) is 6.29. The quantitative estimate of drug-likeness (QED) is 0.774. The Kier molecular flexibility index (Phi) is 4.70. The Morgan fingerprint density at radius 3 is 2.84 bits per heavy atom. The molecule has 1 aromatic rings. The molecule has 0 aliphatic carbocycles. The first-order valence-electron chi connectivity index (χ1n) is 6.83.